The summed E-state index contributed by atoms with van der Waals surface area (Å²) in [6.45, 7) is 3.90. The summed E-state index contributed by atoms with van der Waals surface area (Å²) in [5.41, 5.74) is 4.41. The number of carbonyl (C=O) groups is 4. The first-order valence-electron chi connectivity index (χ1n) is 11.0. The third kappa shape index (κ3) is 4.89. The molecule has 1 heterocycles. The molecule has 8 nitrogen and oxygen atoms in total. The van der Waals surface area contributed by atoms with Crippen LogP contribution < -0.4 is 10.6 Å². The van der Waals surface area contributed by atoms with Crippen LogP contribution in [0.15, 0.2) is 48.5 Å². The van der Waals surface area contributed by atoms with Gasteiger partial charge in [-0.25, -0.2) is 9.59 Å². The first kappa shape index (κ1) is 22.5. The Hall–Kier alpha value is -3.68. The molecule has 2 aromatic carbocycles. The maximum atomic E-state index is 12.6. The summed E-state index contributed by atoms with van der Waals surface area (Å²) in [5.74, 6) is -1.96. The van der Waals surface area contributed by atoms with Crippen molar-refractivity contribution in [3.05, 3.63) is 59.7 Å². The van der Waals surface area contributed by atoms with E-state index < -0.39 is 36.0 Å². The third-order valence-electron chi connectivity index (χ3n) is 5.81. The van der Waals surface area contributed by atoms with Crippen LogP contribution in [-0.2, 0) is 23.9 Å². The van der Waals surface area contributed by atoms with Gasteiger partial charge in [0.25, 0.3) is 5.91 Å². The predicted molar refractivity (Wildman–Crippen MR) is 119 cm³/mol. The molecule has 0 saturated carbocycles. The van der Waals surface area contributed by atoms with E-state index in [0.29, 0.717) is 6.42 Å². The van der Waals surface area contributed by atoms with E-state index in [-0.39, 0.29) is 24.9 Å². The minimum absolute atomic E-state index is 0.0653. The SMILES string of the molecule is CC(C)C[C@@H](NC(=O)OCC1c2ccccc2-c2ccccc21)C(=O)O[C@@H]1CC(=O)NC1=O. The van der Waals surface area contributed by atoms with Crippen LogP contribution in [0, 0.1) is 5.92 Å². The van der Waals surface area contributed by atoms with Gasteiger partial charge >= 0.3 is 12.1 Å². The lowest BCUT2D eigenvalue weighted by Crippen LogP contribution is -2.45. The Morgan fingerprint density at radius 1 is 1.03 bits per heavy atom. The van der Waals surface area contributed by atoms with E-state index in [1.807, 2.05) is 62.4 Å². The molecule has 172 valence electrons. The number of alkyl carbamates (subject to hydrolysis) is 1. The zero-order valence-corrected chi connectivity index (χ0v) is 18.5. The van der Waals surface area contributed by atoms with E-state index in [2.05, 4.69) is 10.6 Å². The lowest BCUT2D eigenvalue weighted by atomic mass is 9.98. The highest BCUT2D eigenvalue weighted by Crippen LogP contribution is 2.44. The number of hydrogen-bond donors (Lipinski definition) is 2. The highest BCUT2D eigenvalue weighted by atomic mass is 16.6. The van der Waals surface area contributed by atoms with Crippen molar-refractivity contribution in [2.75, 3.05) is 6.61 Å². The number of benzene rings is 2. The van der Waals surface area contributed by atoms with Crippen molar-refractivity contribution in [1.29, 1.82) is 0 Å². The normalized spacial score (nSPS) is 17.8. The average Bonchev–Trinajstić information content (AvgIpc) is 3.27. The maximum Gasteiger partial charge on any atom is 0.407 e. The van der Waals surface area contributed by atoms with E-state index in [4.69, 9.17) is 9.47 Å². The maximum absolute atomic E-state index is 12.6. The molecule has 0 unspecified atom stereocenters. The van der Waals surface area contributed by atoms with Crippen LogP contribution in [0.3, 0.4) is 0 Å². The second-order valence-electron chi connectivity index (χ2n) is 8.69. The molecule has 2 N–H and O–H groups in total. The number of fused-ring (bicyclic) bond motifs is 3. The Kier molecular flexibility index (Phi) is 6.44. The molecule has 2 aromatic rings. The number of nitrogens with one attached hydrogen (secondary N) is 2. The number of rotatable bonds is 7. The van der Waals surface area contributed by atoms with Crippen LogP contribution in [0.4, 0.5) is 4.79 Å². The van der Waals surface area contributed by atoms with E-state index in [1.165, 1.54) is 0 Å². The molecular formula is C25H26N2O6. The zero-order chi connectivity index (χ0) is 23.5. The zero-order valence-electron chi connectivity index (χ0n) is 18.5. The minimum atomic E-state index is -1.18. The van der Waals surface area contributed by atoms with Gasteiger partial charge in [-0.3, -0.25) is 14.9 Å². The number of carbonyl (C=O) groups excluding carboxylic acids is 4. The Labute approximate surface area is 191 Å². The fourth-order valence-electron chi connectivity index (χ4n) is 4.32. The largest absolute Gasteiger partial charge is 0.450 e. The van der Waals surface area contributed by atoms with Crippen molar-refractivity contribution in [2.24, 2.45) is 5.92 Å². The lowest BCUT2D eigenvalue weighted by Gasteiger charge is -2.21. The quantitative estimate of drug-likeness (QED) is 0.496. The minimum Gasteiger partial charge on any atom is -0.450 e. The van der Waals surface area contributed by atoms with Gasteiger partial charge in [-0.2, -0.15) is 0 Å². The molecule has 8 heteroatoms. The summed E-state index contributed by atoms with van der Waals surface area (Å²) in [6.07, 6.45) is -1.84. The van der Waals surface area contributed by atoms with Gasteiger partial charge in [-0.1, -0.05) is 62.4 Å². The van der Waals surface area contributed by atoms with Gasteiger partial charge in [0, 0.05) is 5.92 Å². The highest BCUT2D eigenvalue weighted by molar-refractivity contribution is 6.05. The van der Waals surface area contributed by atoms with Crippen LogP contribution in [0.5, 0.6) is 0 Å². The Balaban J connectivity index is 1.40. The molecule has 1 aliphatic heterocycles. The molecule has 33 heavy (non-hydrogen) atoms. The van der Waals surface area contributed by atoms with Gasteiger partial charge in [0.2, 0.25) is 5.91 Å². The summed E-state index contributed by atoms with van der Waals surface area (Å²) < 4.78 is 10.7. The first-order valence-corrected chi connectivity index (χ1v) is 11.0. The Morgan fingerprint density at radius 3 is 2.18 bits per heavy atom. The first-order chi connectivity index (χ1) is 15.8. The monoisotopic (exact) mass is 450 g/mol. The van der Waals surface area contributed by atoms with Crippen molar-refractivity contribution in [3.63, 3.8) is 0 Å². The average molecular weight is 450 g/mol. The van der Waals surface area contributed by atoms with Crippen LogP contribution in [0.25, 0.3) is 11.1 Å². The van der Waals surface area contributed by atoms with Crippen molar-refractivity contribution >= 4 is 23.9 Å². The van der Waals surface area contributed by atoms with Gasteiger partial charge < -0.3 is 14.8 Å². The van der Waals surface area contributed by atoms with Crippen LogP contribution in [0.2, 0.25) is 0 Å². The lowest BCUT2D eigenvalue weighted by molar-refractivity contribution is -0.156. The molecule has 0 bridgehead atoms. The standard InChI is InChI=1S/C25H26N2O6/c1-14(2)11-20(24(30)33-21-12-22(28)27-23(21)29)26-25(31)32-13-19-17-9-5-3-7-15(17)16-8-4-6-10-18(16)19/h3-10,14,19-21H,11-13H2,1-2H3,(H,26,31)(H,27,28,29)/t20-,21-/m1/s1. The number of ether oxygens (including phenoxy) is 2. The summed E-state index contributed by atoms with van der Waals surface area (Å²) in [6, 6.07) is 15.0. The van der Waals surface area contributed by atoms with Crippen molar-refractivity contribution in [1.82, 2.24) is 10.6 Å². The molecule has 4 rings (SSSR count). The molecule has 2 atom stereocenters. The van der Waals surface area contributed by atoms with Crippen molar-refractivity contribution in [3.8, 4) is 11.1 Å². The fraction of sp³-hybridized carbons (Fsp3) is 0.360. The molecular weight excluding hydrogens is 424 g/mol. The molecule has 2 aliphatic rings. The van der Waals surface area contributed by atoms with E-state index in [9.17, 15) is 19.2 Å². The summed E-state index contributed by atoms with van der Waals surface area (Å²) >= 11 is 0. The number of esters is 1. The van der Waals surface area contributed by atoms with Crippen LogP contribution >= 0.6 is 0 Å². The second-order valence-corrected chi connectivity index (χ2v) is 8.69. The van der Waals surface area contributed by atoms with Gasteiger partial charge in [-0.15, -0.1) is 0 Å². The molecule has 0 aromatic heterocycles. The van der Waals surface area contributed by atoms with Gasteiger partial charge in [0.05, 0.1) is 6.42 Å². The van der Waals surface area contributed by atoms with E-state index in [0.717, 1.165) is 22.3 Å². The van der Waals surface area contributed by atoms with E-state index >= 15 is 0 Å². The molecule has 1 fully saturated rings. The topological polar surface area (TPSA) is 111 Å². The highest BCUT2D eigenvalue weighted by Gasteiger charge is 2.36. The molecule has 3 amide bonds. The summed E-state index contributed by atoms with van der Waals surface area (Å²) in [5, 5.41) is 4.66. The van der Waals surface area contributed by atoms with Gasteiger partial charge in [0.1, 0.15) is 12.6 Å². The van der Waals surface area contributed by atoms with Crippen LogP contribution in [0.1, 0.15) is 43.7 Å². The van der Waals surface area contributed by atoms with E-state index in [1.54, 1.807) is 0 Å². The Morgan fingerprint density at radius 2 is 1.64 bits per heavy atom. The smallest absolute Gasteiger partial charge is 0.407 e. The molecule has 0 spiro atoms. The van der Waals surface area contributed by atoms with Crippen LogP contribution in [-0.4, -0.2) is 42.6 Å². The summed E-state index contributed by atoms with van der Waals surface area (Å²) in [7, 11) is 0. The Bertz CT molecular complexity index is 1050. The fourth-order valence-corrected chi connectivity index (χ4v) is 4.32. The molecule has 0 radical (unpaired) electrons. The third-order valence-corrected chi connectivity index (χ3v) is 5.81. The number of hydrogen-bond acceptors (Lipinski definition) is 6. The van der Waals surface area contributed by atoms with Crippen molar-refractivity contribution in [2.45, 2.75) is 44.8 Å². The predicted octanol–water partition coefficient (Wildman–Crippen LogP) is 2.90. The number of amides is 3. The number of imide groups is 1. The van der Waals surface area contributed by atoms with Gasteiger partial charge in [0.15, 0.2) is 6.10 Å². The summed E-state index contributed by atoms with van der Waals surface area (Å²) in [4.78, 5) is 48.3. The molecule has 1 aliphatic carbocycles. The van der Waals surface area contributed by atoms with Gasteiger partial charge in [-0.05, 0) is 34.6 Å². The second kappa shape index (κ2) is 9.44. The molecule has 1 saturated heterocycles. The van der Waals surface area contributed by atoms with Crippen molar-refractivity contribution < 1.29 is 28.7 Å².